The zero-order valence-electron chi connectivity index (χ0n) is 9.81. The van der Waals surface area contributed by atoms with Crippen molar-refractivity contribution in [1.82, 2.24) is 0 Å². The minimum Gasteiger partial charge on any atom is -0.484 e. The molecule has 0 aliphatic carbocycles. The van der Waals surface area contributed by atoms with Gasteiger partial charge in [-0.3, -0.25) is 4.79 Å². The SMILES string of the molecule is CC(C)(C)C(=O)COc1cc(Cl)c(Br)cc1Cl. The Morgan fingerprint density at radius 1 is 1.29 bits per heavy atom. The van der Waals surface area contributed by atoms with Crippen LogP contribution in [0.15, 0.2) is 16.6 Å². The normalized spacial score (nSPS) is 11.4. The van der Waals surface area contributed by atoms with Crippen LogP contribution in [0.25, 0.3) is 0 Å². The number of carbonyl (C=O) groups is 1. The second kappa shape index (κ2) is 5.59. The van der Waals surface area contributed by atoms with Gasteiger partial charge in [-0.1, -0.05) is 44.0 Å². The minimum atomic E-state index is -0.425. The van der Waals surface area contributed by atoms with E-state index in [4.69, 9.17) is 27.9 Å². The molecule has 0 aliphatic rings. The molecule has 94 valence electrons. The first-order valence-electron chi connectivity index (χ1n) is 5.02. The molecule has 0 aliphatic heterocycles. The molecule has 0 atom stereocenters. The highest BCUT2D eigenvalue weighted by Gasteiger charge is 2.22. The van der Waals surface area contributed by atoms with Gasteiger partial charge in [0, 0.05) is 16.0 Å². The molecular formula is C12H13BrCl2O2. The van der Waals surface area contributed by atoms with E-state index in [-0.39, 0.29) is 12.4 Å². The molecule has 0 unspecified atom stereocenters. The first-order valence-corrected chi connectivity index (χ1v) is 6.57. The van der Waals surface area contributed by atoms with Crippen LogP contribution in [0.5, 0.6) is 5.75 Å². The predicted octanol–water partition coefficient (Wildman–Crippen LogP) is 4.75. The van der Waals surface area contributed by atoms with E-state index in [0.717, 1.165) is 0 Å². The summed E-state index contributed by atoms with van der Waals surface area (Å²) in [6.45, 7) is 5.51. The summed E-state index contributed by atoms with van der Waals surface area (Å²) in [6, 6.07) is 3.23. The van der Waals surface area contributed by atoms with Crippen molar-refractivity contribution >= 4 is 44.9 Å². The highest BCUT2D eigenvalue weighted by Crippen LogP contribution is 2.34. The molecule has 0 N–H and O–H groups in total. The molecule has 0 amide bonds. The number of ether oxygens (including phenoxy) is 1. The van der Waals surface area contributed by atoms with Crippen LogP contribution in [0.1, 0.15) is 20.8 Å². The topological polar surface area (TPSA) is 26.3 Å². The van der Waals surface area contributed by atoms with Crippen LogP contribution < -0.4 is 4.74 Å². The Morgan fingerprint density at radius 3 is 2.41 bits per heavy atom. The van der Waals surface area contributed by atoms with E-state index in [0.29, 0.717) is 20.3 Å². The first kappa shape index (κ1) is 14.8. The maximum absolute atomic E-state index is 11.7. The lowest BCUT2D eigenvalue weighted by molar-refractivity contribution is -0.128. The van der Waals surface area contributed by atoms with Gasteiger partial charge in [0.2, 0.25) is 0 Å². The van der Waals surface area contributed by atoms with E-state index in [9.17, 15) is 4.79 Å². The molecule has 0 bridgehead atoms. The number of rotatable bonds is 3. The van der Waals surface area contributed by atoms with Crippen molar-refractivity contribution in [1.29, 1.82) is 0 Å². The van der Waals surface area contributed by atoms with Gasteiger partial charge in [-0.2, -0.15) is 0 Å². The van der Waals surface area contributed by atoms with Gasteiger partial charge in [-0.05, 0) is 22.0 Å². The van der Waals surface area contributed by atoms with Crippen LogP contribution in [0, 0.1) is 5.41 Å². The summed E-state index contributed by atoms with van der Waals surface area (Å²) in [4.78, 5) is 11.7. The van der Waals surface area contributed by atoms with E-state index < -0.39 is 5.41 Å². The van der Waals surface area contributed by atoms with Crippen molar-refractivity contribution in [2.75, 3.05) is 6.61 Å². The lowest BCUT2D eigenvalue weighted by Gasteiger charge is -2.17. The number of halogens is 3. The van der Waals surface area contributed by atoms with Crippen molar-refractivity contribution in [2.45, 2.75) is 20.8 Å². The fraction of sp³-hybridized carbons (Fsp3) is 0.417. The molecule has 0 heterocycles. The molecular weight excluding hydrogens is 327 g/mol. The van der Waals surface area contributed by atoms with Crippen LogP contribution in [-0.2, 0) is 4.79 Å². The van der Waals surface area contributed by atoms with Crippen LogP contribution in [0.2, 0.25) is 10.0 Å². The number of ketones is 1. The zero-order valence-corrected chi connectivity index (χ0v) is 12.9. The van der Waals surface area contributed by atoms with Crippen molar-refractivity contribution < 1.29 is 9.53 Å². The molecule has 17 heavy (non-hydrogen) atoms. The maximum Gasteiger partial charge on any atom is 0.175 e. The van der Waals surface area contributed by atoms with Crippen LogP contribution in [-0.4, -0.2) is 12.4 Å². The summed E-state index contributed by atoms with van der Waals surface area (Å²) in [6.07, 6.45) is 0. The summed E-state index contributed by atoms with van der Waals surface area (Å²) in [5, 5.41) is 0.913. The van der Waals surface area contributed by atoms with E-state index in [2.05, 4.69) is 15.9 Å². The third kappa shape index (κ3) is 4.16. The van der Waals surface area contributed by atoms with E-state index in [1.165, 1.54) is 0 Å². The van der Waals surface area contributed by atoms with E-state index in [1.54, 1.807) is 12.1 Å². The average molecular weight is 340 g/mol. The van der Waals surface area contributed by atoms with Crippen LogP contribution >= 0.6 is 39.1 Å². The Balaban J connectivity index is 2.77. The largest absolute Gasteiger partial charge is 0.484 e. The number of Topliss-reactive ketones (excluding diaryl/α,β-unsaturated/α-hetero) is 1. The van der Waals surface area contributed by atoms with Gasteiger partial charge < -0.3 is 4.74 Å². The monoisotopic (exact) mass is 338 g/mol. The van der Waals surface area contributed by atoms with Crippen molar-refractivity contribution in [2.24, 2.45) is 5.41 Å². The molecule has 0 saturated carbocycles. The average Bonchev–Trinajstić information content (AvgIpc) is 2.19. The predicted molar refractivity (Wildman–Crippen MR) is 74.1 cm³/mol. The third-order valence-electron chi connectivity index (χ3n) is 2.17. The zero-order chi connectivity index (χ0) is 13.2. The molecule has 0 fully saturated rings. The lowest BCUT2D eigenvalue weighted by atomic mass is 9.91. The van der Waals surface area contributed by atoms with Crippen molar-refractivity contribution in [3.05, 3.63) is 26.7 Å². The Hall–Kier alpha value is -0.250. The van der Waals surface area contributed by atoms with E-state index in [1.807, 2.05) is 20.8 Å². The summed E-state index contributed by atoms with van der Waals surface area (Å²) in [5.74, 6) is 0.421. The Labute approximate surface area is 119 Å². The summed E-state index contributed by atoms with van der Waals surface area (Å²) < 4.78 is 6.07. The van der Waals surface area contributed by atoms with Gasteiger partial charge in [-0.15, -0.1) is 0 Å². The fourth-order valence-corrected chi connectivity index (χ4v) is 1.82. The van der Waals surface area contributed by atoms with Crippen LogP contribution in [0.3, 0.4) is 0 Å². The van der Waals surface area contributed by atoms with Gasteiger partial charge >= 0.3 is 0 Å². The molecule has 0 aromatic heterocycles. The standard InChI is InChI=1S/C12H13BrCl2O2/c1-12(2,3)11(16)6-17-10-5-8(14)7(13)4-9(10)15/h4-5H,6H2,1-3H3. The molecule has 0 saturated heterocycles. The van der Waals surface area contributed by atoms with Gasteiger partial charge in [0.1, 0.15) is 12.4 Å². The molecule has 2 nitrogen and oxygen atoms in total. The van der Waals surface area contributed by atoms with E-state index >= 15 is 0 Å². The molecule has 1 rings (SSSR count). The second-order valence-electron chi connectivity index (χ2n) is 4.66. The molecule has 0 spiro atoms. The quantitative estimate of drug-likeness (QED) is 0.743. The minimum absolute atomic E-state index is 0.00704. The van der Waals surface area contributed by atoms with Gasteiger partial charge in [0.05, 0.1) is 10.0 Å². The Bertz CT molecular complexity index is 439. The van der Waals surface area contributed by atoms with Gasteiger partial charge in [-0.25, -0.2) is 0 Å². The number of carbonyl (C=O) groups excluding carboxylic acids is 1. The molecule has 5 heteroatoms. The number of benzene rings is 1. The van der Waals surface area contributed by atoms with Crippen molar-refractivity contribution in [3.8, 4) is 5.75 Å². The second-order valence-corrected chi connectivity index (χ2v) is 6.33. The lowest BCUT2D eigenvalue weighted by Crippen LogP contribution is -2.26. The maximum atomic E-state index is 11.7. The van der Waals surface area contributed by atoms with Gasteiger partial charge in [0.25, 0.3) is 0 Å². The first-order chi connectivity index (χ1) is 7.71. The third-order valence-corrected chi connectivity index (χ3v) is 3.66. The Kier molecular flexibility index (Phi) is 4.87. The smallest absolute Gasteiger partial charge is 0.175 e. The Morgan fingerprint density at radius 2 is 1.88 bits per heavy atom. The van der Waals surface area contributed by atoms with Crippen molar-refractivity contribution in [3.63, 3.8) is 0 Å². The van der Waals surface area contributed by atoms with Gasteiger partial charge in [0.15, 0.2) is 5.78 Å². The number of hydrogen-bond acceptors (Lipinski definition) is 2. The summed E-state index contributed by atoms with van der Waals surface area (Å²) in [5.41, 5.74) is -0.425. The molecule has 0 radical (unpaired) electrons. The fourth-order valence-electron chi connectivity index (χ4n) is 0.975. The molecule has 1 aromatic carbocycles. The summed E-state index contributed by atoms with van der Waals surface area (Å²) in [7, 11) is 0. The molecule has 1 aromatic rings. The highest BCUT2D eigenvalue weighted by atomic mass is 79.9. The summed E-state index contributed by atoms with van der Waals surface area (Å²) >= 11 is 15.1. The number of hydrogen-bond donors (Lipinski definition) is 0. The van der Waals surface area contributed by atoms with Crippen LogP contribution in [0.4, 0.5) is 0 Å². The highest BCUT2D eigenvalue weighted by molar-refractivity contribution is 9.10.